The number of rotatable bonds is 3. The molecular weight excluding hydrogens is 366 g/mol. The summed E-state index contributed by atoms with van der Waals surface area (Å²) in [6.45, 7) is 0. The minimum Gasteiger partial charge on any atom is -0.465 e. The SMILES string of the molecule is COC(=O)c1ccc2c(c1)sc(=NC(=O)c1ccc([N+](=O)[O-])s1)n2C. The Bertz CT molecular complexity index is 1080. The van der Waals surface area contributed by atoms with Gasteiger partial charge >= 0.3 is 11.0 Å². The lowest BCUT2D eigenvalue weighted by molar-refractivity contribution is -0.380. The molecule has 3 aromatic rings. The van der Waals surface area contributed by atoms with Gasteiger partial charge in [-0.3, -0.25) is 14.9 Å². The van der Waals surface area contributed by atoms with E-state index in [-0.39, 0.29) is 9.88 Å². The maximum absolute atomic E-state index is 12.2. The quantitative estimate of drug-likeness (QED) is 0.396. The average molecular weight is 377 g/mol. The molecule has 0 spiro atoms. The third kappa shape index (κ3) is 3.21. The van der Waals surface area contributed by atoms with Crippen molar-refractivity contribution in [3.05, 3.63) is 55.7 Å². The number of hydrogen-bond acceptors (Lipinski definition) is 7. The van der Waals surface area contributed by atoms with E-state index < -0.39 is 16.8 Å². The maximum Gasteiger partial charge on any atom is 0.337 e. The van der Waals surface area contributed by atoms with E-state index in [2.05, 4.69) is 4.99 Å². The number of esters is 1. The van der Waals surface area contributed by atoms with Gasteiger partial charge < -0.3 is 9.30 Å². The zero-order chi connectivity index (χ0) is 18.1. The Hall–Kier alpha value is -2.85. The Morgan fingerprint density at radius 1 is 1.24 bits per heavy atom. The second-order valence-corrected chi connectivity index (χ2v) is 7.00. The van der Waals surface area contributed by atoms with E-state index in [4.69, 9.17) is 4.74 Å². The van der Waals surface area contributed by atoms with E-state index in [9.17, 15) is 19.7 Å². The highest BCUT2D eigenvalue weighted by Gasteiger charge is 2.15. The van der Waals surface area contributed by atoms with Crippen molar-refractivity contribution >= 4 is 49.8 Å². The standard InChI is InChI=1S/C15H11N3O5S2/c1-17-9-4-3-8(14(20)23-2)7-11(9)25-15(17)16-13(19)10-5-6-12(24-10)18(21)22/h3-7H,1-2H3. The first-order chi connectivity index (χ1) is 11.9. The van der Waals surface area contributed by atoms with Crippen LogP contribution in [0.3, 0.4) is 0 Å². The van der Waals surface area contributed by atoms with Gasteiger partial charge in [0.2, 0.25) is 0 Å². The number of benzene rings is 1. The highest BCUT2D eigenvalue weighted by Crippen LogP contribution is 2.24. The number of aryl methyl sites for hydroxylation is 1. The van der Waals surface area contributed by atoms with Crippen molar-refractivity contribution in [1.29, 1.82) is 0 Å². The van der Waals surface area contributed by atoms with Gasteiger partial charge in [-0.2, -0.15) is 4.99 Å². The molecule has 2 heterocycles. The number of methoxy groups -OCH3 is 1. The van der Waals surface area contributed by atoms with Gasteiger partial charge in [-0.25, -0.2) is 4.79 Å². The molecule has 0 saturated heterocycles. The molecule has 0 fully saturated rings. The van der Waals surface area contributed by atoms with Gasteiger partial charge in [0.1, 0.15) is 4.88 Å². The third-order valence-corrected chi connectivity index (χ3v) is 5.53. The van der Waals surface area contributed by atoms with E-state index in [1.807, 2.05) is 0 Å². The number of amides is 1. The summed E-state index contributed by atoms with van der Waals surface area (Å²) in [6, 6.07) is 7.72. The van der Waals surface area contributed by atoms with E-state index in [0.717, 1.165) is 21.6 Å². The van der Waals surface area contributed by atoms with Crippen molar-refractivity contribution in [2.24, 2.45) is 12.0 Å². The summed E-state index contributed by atoms with van der Waals surface area (Å²) in [5.74, 6) is -0.994. The molecule has 0 aliphatic carbocycles. The first kappa shape index (κ1) is 17.0. The number of thiophene rings is 1. The molecule has 2 aromatic heterocycles. The summed E-state index contributed by atoms with van der Waals surface area (Å²) in [6.07, 6.45) is 0. The highest BCUT2D eigenvalue weighted by atomic mass is 32.1. The monoisotopic (exact) mass is 377 g/mol. The van der Waals surface area contributed by atoms with Crippen LogP contribution in [0, 0.1) is 10.1 Å². The molecule has 0 radical (unpaired) electrons. The number of fused-ring (bicyclic) bond motifs is 1. The number of hydrogen-bond donors (Lipinski definition) is 0. The minimum atomic E-state index is -0.548. The second-order valence-electron chi connectivity index (χ2n) is 4.93. The van der Waals surface area contributed by atoms with Gasteiger partial charge in [0.15, 0.2) is 4.80 Å². The van der Waals surface area contributed by atoms with Gasteiger partial charge in [0.05, 0.1) is 27.8 Å². The zero-order valence-electron chi connectivity index (χ0n) is 13.1. The van der Waals surface area contributed by atoms with E-state index >= 15 is 0 Å². The van der Waals surface area contributed by atoms with Crippen molar-refractivity contribution in [3.63, 3.8) is 0 Å². The summed E-state index contributed by atoms with van der Waals surface area (Å²) in [5, 5.41) is 10.6. The Morgan fingerprint density at radius 3 is 2.64 bits per heavy atom. The molecule has 10 heteroatoms. The minimum absolute atomic E-state index is 0.109. The molecule has 0 aliphatic rings. The first-order valence-corrected chi connectivity index (χ1v) is 8.55. The number of aromatic nitrogens is 1. The maximum atomic E-state index is 12.2. The Balaban J connectivity index is 2.03. The molecule has 3 rings (SSSR count). The Morgan fingerprint density at radius 2 is 2.00 bits per heavy atom. The first-order valence-electron chi connectivity index (χ1n) is 6.92. The molecule has 0 aliphatic heterocycles. The number of ether oxygens (including phenoxy) is 1. The highest BCUT2D eigenvalue weighted by molar-refractivity contribution is 7.17. The van der Waals surface area contributed by atoms with Crippen molar-refractivity contribution < 1.29 is 19.2 Å². The fourth-order valence-corrected chi connectivity index (χ4v) is 3.93. The molecule has 0 saturated carbocycles. The van der Waals surface area contributed by atoms with Gasteiger partial charge in [-0.15, -0.1) is 0 Å². The van der Waals surface area contributed by atoms with Crippen LogP contribution in [-0.4, -0.2) is 28.5 Å². The predicted octanol–water partition coefficient (Wildman–Crippen LogP) is 2.74. The van der Waals surface area contributed by atoms with Gasteiger partial charge in [0.25, 0.3) is 5.91 Å². The lowest BCUT2D eigenvalue weighted by Crippen LogP contribution is -2.12. The fourth-order valence-electron chi connectivity index (χ4n) is 2.17. The van der Waals surface area contributed by atoms with Gasteiger partial charge in [-0.05, 0) is 24.3 Å². The van der Waals surface area contributed by atoms with Crippen LogP contribution in [0.5, 0.6) is 0 Å². The number of thiazole rings is 1. The Labute approximate surface area is 148 Å². The van der Waals surface area contributed by atoms with E-state index in [0.29, 0.717) is 10.4 Å². The summed E-state index contributed by atoms with van der Waals surface area (Å²) in [7, 11) is 3.06. The largest absolute Gasteiger partial charge is 0.465 e. The van der Waals surface area contributed by atoms with Crippen LogP contribution in [0.4, 0.5) is 5.00 Å². The van der Waals surface area contributed by atoms with Crippen molar-refractivity contribution in [1.82, 2.24) is 4.57 Å². The second kappa shape index (κ2) is 6.57. The lowest BCUT2D eigenvalue weighted by Gasteiger charge is -1.99. The van der Waals surface area contributed by atoms with Crippen LogP contribution < -0.4 is 4.80 Å². The van der Waals surface area contributed by atoms with Crippen molar-refractivity contribution in [3.8, 4) is 0 Å². The third-order valence-electron chi connectivity index (χ3n) is 3.41. The molecule has 0 unspecified atom stereocenters. The molecule has 1 aromatic carbocycles. The van der Waals surface area contributed by atoms with Crippen LogP contribution in [0.1, 0.15) is 20.0 Å². The van der Waals surface area contributed by atoms with E-state index in [1.165, 1.54) is 30.6 Å². The lowest BCUT2D eigenvalue weighted by atomic mass is 10.2. The number of nitrogens with zero attached hydrogens (tertiary/aromatic N) is 3. The summed E-state index contributed by atoms with van der Waals surface area (Å²) in [4.78, 5) is 38.7. The average Bonchev–Trinajstić information content (AvgIpc) is 3.20. The van der Waals surface area contributed by atoms with Crippen LogP contribution in [0.15, 0.2) is 35.3 Å². The summed E-state index contributed by atoms with van der Waals surface area (Å²) in [5.41, 5.74) is 1.21. The normalized spacial score (nSPS) is 11.7. The molecule has 0 bridgehead atoms. The fraction of sp³-hybridized carbons (Fsp3) is 0.133. The molecule has 1 amide bonds. The molecular formula is C15H11N3O5S2. The summed E-state index contributed by atoms with van der Waals surface area (Å²) >= 11 is 2.02. The van der Waals surface area contributed by atoms with Crippen LogP contribution in [0.2, 0.25) is 0 Å². The van der Waals surface area contributed by atoms with Gasteiger partial charge in [0, 0.05) is 13.1 Å². The predicted molar refractivity (Wildman–Crippen MR) is 93.0 cm³/mol. The molecule has 0 N–H and O–H groups in total. The number of carbonyl (C=O) groups is 2. The smallest absolute Gasteiger partial charge is 0.337 e. The molecule has 0 atom stereocenters. The summed E-state index contributed by atoms with van der Waals surface area (Å²) < 4.78 is 7.19. The Kier molecular flexibility index (Phi) is 4.47. The van der Waals surface area contributed by atoms with Crippen molar-refractivity contribution in [2.45, 2.75) is 0 Å². The van der Waals surface area contributed by atoms with Gasteiger partial charge in [-0.1, -0.05) is 22.7 Å². The van der Waals surface area contributed by atoms with Crippen LogP contribution >= 0.6 is 22.7 Å². The molecule has 128 valence electrons. The number of carbonyl (C=O) groups excluding carboxylic acids is 2. The topological polar surface area (TPSA) is 104 Å². The number of nitro groups is 1. The molecule has 25 heavy (non-hydrogen) atoms. The van der Waals surface area contributed by atoms with E-state index in [1.54, 1.807) is 29.8 Å². The van der Waals surface area contributed by atoms with Crippen LogP contribution in [-0.2, 0) is 11.8 Å². The molecule has 8 nitrogen and oxygen atoms in total. The van der Waals surface area contributed by atoms with Crippen LogP contribution in [0.25, 0.3) is 10.2 Å². The zero-order valence-corrected chi connectivity index (χ0v) is 14.7. The van der Waals surface area contributed by atoms with Crippen molar-refractivity contribution in [2.75, 3.05) is 7.11 Å².